The maximum Gasteiger partial charge on any atom is 0.290 e. The molecule has 0 bridgehead atoms. The summed E-state index contributed by atoms with van der Waals surface area (Å²) >= 11 is 1.19. The Bertz CT molecular complexity index is 1150. The van der Waals surface area contributed by atoms with Crippen LogP contribution in [0.2, 0.25) is 0 Å². The van der Waals surface area contributed by atoms with Crippen LogP contribution in [-0.4, -0.2) is 47.6 Å². The van der Waals surface area contributed by atoms with Crippen LogP contribution in [0.15, 0.2) is 34.2 Å². The number of rotatable bonds is 7. The number of nitrogens with one attached hydrogen (secondary N) is 2. The van der Waals surface area contributed by atoms with Crippen molar-refractivity contribution in [3.63, 3.8) is 0 Å². The normalized spacial score (nSPS) is 13.4. The van der Waals surface area contributed by atoms with Crippen LogP contribution in [0.3, 0.4) is 0 Å². The fourth-order valence-electron chi connectivity index (χ4n) is 2.95. The number of hydrogen-bond donors (Lipinski definition) is 2. The van der Waals surface area contributed by atoms with Crippen molar-refractivity contribution < 1.29 is 9.59 Å². The number of aryl methyl sites for hydroxylation is 1. The summed E-state index contributed by atoms with van der Waals surface area (Å²) in [5.41, 5.74) is 4.57. The third-order valence-corrected chi connectivity index (χ3v) is 5.45. The minimum Gasteiger partial charge on any atom is -0.272 e. The van der Waals surface area contributed by atoms with E-state index in [4.69, 9.17) is 0 Å². The maximum absolute atomic E-state index is 12.7. The summed E-state index contributed by atoms with van der Waals surface area (Å²) in [6.45, 7) is 2.31. The van der Waals surface area contributed by atoms with E-state index in [9.17, 15) is 14.4 Å². The molecule has 30 heavy (non-hydrogen) atoms. The molecule has 2 N–H and O–H groups in total. The van der Waals surface area contributed by atoms with Crippen molar-refractivity contribution in [2.45, 2.75) is 43.9 Å². The SMILES string of the molecule is CCCn1nc(C(=O)NNC(=O)CSc2nnnn2C2CC2)c2ccccc2c1=O. The third kappa shape index (κ3) is 4.17. The number of aromatic nitrogens is 6. The van der Waals surface area contributed by atoms with Crippen LogP contribution in [0.5, 0.6) is 0 Å². The van der Waals surface area contributed by atoms with Gasteiger partial charge in [0.15, 0.2) is 5.69 Å². The zero-order valence-electron chi connectivity index (χ0n) is 16.2. The van der Waals surface area contributed by atoms with E-state index in [-0.39, 0.29) is 17.0 Å². The van der Waals surface area contributed by atoms with Crippen molar-refractivity contribution in [1.29, 1.82) is 0 Å². The van der Waals surface area contributed by atoms with E-state index >= 15 is 0 Å². The van der Waals surface area contributed by atoms with E-state index in [0.29, 0.717) is 34.9 Å². The van der Waals surface area contributed by atoms with Crippen LogP contribution in [0.4, 0.5) is 0 Å². The van der Waals surface area contributed by atoms with Crippen LogP contribution >= 0.6 is 11.8 Å². The van der Waals surface area contributed by atoms with Crippen molar-refractivity contribution in [2.24, 2.45) is 0 Å². The van der Waals surface area contributed by atoms with Crippen LogP contribution in [0.25, 0.3) is 10.8 Å². The highest BCUT2D eigenvalue weighted by Gasteiger charge is 2.28. The van der Waals surface area contributed by atoms with Crippen molar-refractivity contribution in [3.05, 3.63) is 40.3 Å². The van der Waals surface area contributed by atoms with Crippen molar-refractivity contribution >= 4 is 34.3 Å². The molecule has 12 heteroatoms. The average molecular weight is 428 g/mol. The number of hydrazine groups is 1. The van der Waals surface area contributed by atoms with Gasteiger partial charge in [-0.2, -0.15) is 5.10 Å². The van der Waals surface area contributed by atoms with Gasteiger partial charge < -0.3 is 0 Å². The standard InChI is InChI=1S/C18H20N8O3S/c1-2-9-25-17(29)13-6-4-3-5-12(13)15(22-25)16(28)20-19-14(27)10-30-18-21-23-24-26(18)11-7-8-11/h3-6,11H,2,7-10H2,1H3,(H,19,27)(H,20,28). The predicted octanol–water partition coefficient (Wildman–Crippen LogP) is 0.681. The lowest BCUT2D eigenvalue weighted by atomic mass is 10.1. The zero-order valence-corrected chi connectivity index (χ0v) is 17.1. The van der Waals surface area contributed by atoms with Gasteiger partial charge in [-0.1, -0.05) is 36.9 Å². The van der Waals surface area contributed by atoms with Gasteiger partial charge in [0.2, 0.25) is 11.1 Å². The van der Waals surface area contributed by atoms with Gasteiger partial charge in [0.05, 0.1) is 17.2 Å². The zero-order chi connectivity index (χ0) is 21.1. The minimum atomic E-state index is -0.600. The molecule has 0 saturated heterocycles. The first-order chi connectivity index (χ1) is 14.6. The Morgan fingerprint density at radius 2 is 1.97 bits per heavy atom. The highest BCUT2D eigenvalue weighted by Crippen LogP contribution is 2.36. The topological polar surface area (TPSA) is 137 Å². The fourth-order valence-corrected chi connectivity index (χ4v) is 3.69. The Kier molecular flexibility index (Phi) is 5.74. The number of nitrogens with zero attached hydrogens (tertiary/aromatic N) is 6. The summed E-state index contributed by atoms with van der Waals surface area (Å²) < 4.78 is 2.98. The fraction of sp³-hybridized carbons (Fsp3) is 0.389. The van der Waals surface area contributed by atoms with Crippen molar-refractivity contribution in [2.75, 3.05) is 5.75 Å². The summed E-state index contributed by atoms with van der Waals surface area (Å²) in [7, 11) is 0. The Morgan fingerprint density at radius 1 is 1.20 bits per heavy atom. The van der Waals surface area contributed by atoms with E-state index in [1.807, 2.05) is 6.92 Å². The predicted molar refractivity (Wildman–Crippen MR) is 109 cm³/mol. The Labute approximate surface area is 175 Å². The number of fused-ring (bicyclic) bond motifs is 1. The molecule has 1 aliphatic rings. The van der Waals surface area contributed by atoms with Gasteiger partial charge in [-0.15, -0.1) is 5.10 Å². The molecular formula is C18H20N8O3S. The highest BCUT2D eigenvalue weighted by molar-refractivity contribution is 7.99. The quantitative estimate of drug-likeness (QED) is 0.414. The Morgan fingerprint density at radius 3 is 2.70 bits per heavy atom. The summed E-state index contributed by atoms with van der Waals surface area (Å²) in [4.78, 5) is 37.3. The summed E-state index contributed by atoms with van der Waals surface area (Å²) in [5.74, 6) is -0.973. The third-order valence-electron chi connectivity index (χ3n) is 4.52. The van der Waals surface area contributed by atoms with Gasteiger partial charge in [0.1, 0.15) is 0 Å². The van der Waals surface area contributed by atoms with Crippen LogP contribution in [-0.2, 0) is 11.3 Å². The molecule has 11 nitrogen and oxygen atoms in total. The molecule has 156 valence electrons. The second-order valence-corrected chi connectivity index (χ2v) is 7.79. The molecule has 0 aliphatic heterocycles. The number of tetrazole rings is 1. The number of benzene rings is 1. The molecule has 0 unspecified atom stereocenters. The lowest BCUT2D eigenvalue weighted by molar-refractivity contribution is -0.119. The second-order valence-electron chi connectivity index (χ2n) is 6.85. The average Bonchev–Trinajstić information content (AvgIpc) is 3.50. The lowest BCUT2D eigenvalue weighted by Gasteiger charge is -2.11. The van der Waals surface area contributed by atoms with Gasteiger partial charge >= 0.3 is 0 Å². The molecular weight excluding hydrogens is 408 g/mol. The number of thioether (sulfide) groups is 1. The Hall–Kier alpha value is -3.28. The smallest absolute Gasteiger partial charge is 0.272 e. The number of carbonyl (C=O) groups excluding carboxylic acids is 2. The van der Waals surface area contributed by atoms with Gasteiger partial charge in [-0.25, -0.2) is 9.36 Å². The molecule has 1 aliphatic carbocycles. The summed E-state index contributed by atoms with van der Waals surface area (Å²) in [6, 6.07) is 7.08. The van der Waals surface area contributed by atoms with Gasteiger partial charge in [-0.05, 0) is 35.8 Å². The molecule has 1 aromatic carbocycles. The van der Waals surface area contributed by atoms with E-state index in [1.54, 1.807) is 28.9 Å². The largest absolute Gasteiger partial charge is 0.290 e. The first-order valence-electron chi connectivity index (χ1n) is 9.58. The van der Waals surface area contributed by atoms with E-state index in [0.717, 1.165) is 12.8 Å². The molecule has 4 rings (SSSR count). The summed E-state index contributed by atoms with van der Waals surface area (Å²) in [5, 5.41) is 17.1. The number of carbonyl (C=O) groups is 2. The molecule has 0 atom stereocenters. The van der Waals surface area contributed by atoms with Gasteiger partial charge in [0.25, 0.3) is 11.5 Å². The molecule has 2 aromatic heterocycles. The molecule has 3 aromatic rings. The number of hydrogen-bond acceptors (Lipinski definition) is 8. The Balaban J connectivity index is 1.42. The van der Waals surface area contributed by atoms with Crippen LogP contribution < -0.4 is 16.4 Å². The van der Waals surface area contributed by atoms with Crippen LogP contribution in [0, 0.1) is 0 Å². The highest BCUT2D eigenvalue weighted by atomic mass is 32.2. The first kappa shape index (κ1) is 20.0. The maximum atomic E-state index is 12.7. The second kappa shape index (κ2) is 8.61. The molecule has 1 fully saturated rings. The lowest BCUT2D eigenvalue weighted by Crippen LogP contribution is -2.43. The molecule has 2 heterocycles. The molecule has 2 amide bonds. The number of amides is 2. The van der Waals surface area contributed by atoms with Crippen molar-refractivity contribution in [1.82, 2.24) is 40.8 Å². The van der Waals surface area contributed by atoms with Gasteiger partial charge in [-0.3, -0.25) is 25.2 Å². The van der Waals surface area contributed by atoms with Crippen LogP contribution in [0.1, 0.15) is 42.7 Å². The van der Waals surface area contributed by atoms with E-state index < -0.39 is 11.8 Å². The minimum absolute atomic E-state index is 0.0386. The van der Waals surface area contributed by atoms with E-state index in [1.165, 1.54) is 16.4 Å². The molecule has 0 spiro atoms. The monoisotopic (exact) mass is 428 g/mol. The van der Waals surface area contributed by atoms with Gasteiger partial charge in [0, 0.05) is 11.9 Å². The van der Waals surface area contributed by atoms with E-state index in [2.05, 4.69) is 31.5 Å². The van der Waals surface area contributed by atoms with Crippen molar-refractivity contribution in [3.8, 4) is 0 Å². The molecule has 0 radical (unpaired) electrons. The first-order valence-corrected chi connectivity index (χ1v) is 10.6. The molecule has 1 saturated carbocycles. The summed E-state index contributed by atoms with van der Waals surface area (Å²) in [6.07, 6.45) is 2.75.